The highest BCUT2D eigenvalue weighted by atomic mass is 32.2. The Balaban J connectivity index is 2.28. The van der Waals surface area contributed by atoms with Crippen LogP contribution in [0.4, 0.5) is 0 Å². The van der Waals surface area contributed by atoms with Gasteiger partial charge in [0, 0.05) is 11.8 Å². The summed E-state index contributed by atoms with van der Waals surface area (Å²) in [6.07, 6.45) is 0.193. The number of hydrogen-bond acceptors (Lipinski definition) is 4. The summed E-state index contributed by atoms with van der Waals surface area (Å²) < 4.78 is 35.5. The van der Waals surface area contributed by atoms with Crippen LogP contribution in [0.5, 0.6) is 0 Å². The van der Waals surface area contributed by atoms with Gasteiger partial charge in [0.25, 0.3) is 10.1 Å². The maximum atomic E-state index is 12.5. The average Bonchev–Trinajstić information content (AvgIpc) is 2.73. The molecule has 0 aliphatic carbocycles. The Kier molecular flexibility index (Phi) is 2.36. The second kappa shape index (κ2) is 3.30. The zero-order chi connectivity index (χ0) is 13.5. The van der Waals surface area contributed by atoms with Crippen LogP contribution >= 0.6 is 0 Å². The van der Waals surface area contributed by atoms with Crippen LogP contribution in [0.1, 0.15) is 41.0 Å². The molecule has 3 aliphatic rings. The average molecular weight is 274 g/mol. The van der Waals surface area contributed by atoms with E-state index < -0.39 is 14.9 Å². The Morgan fingerprint density at radius 1 is 1.17 bits per heavy atom. The van der Waals surface area contributed by atoms with Crippen LogP contribution in [0.3, 0.4) is 0 Å². The first-order valence-corrected chi connectivity index (χ1v) is 8.18. The summed E-state index contributed by atoms with van der Waals surface area (Å²) in [5.74, 6) is 0.491. The lowest BCUT2D eigenvalue weighted by Crippen LogP contribution is -2.61. The van der Waals surface area contributed by atoms with Gasteiger partial charge in [-0.3, -0.25) is 4.18 Å². The Hall–Kier alpha value is -0.130. The van der Waals surface area contributed by atoms with E-state index in [0.29, 0.717) is 0 Å². The molecule has 0 aromatic rings. The first kappa shape index (κ1) is 12.9. The zero-order valence-electron chi connectivity index (χ0n) is 11.6. The number of fused-ring (bicyclic) bond motifs is 1. The topological polar surface area (TPSA) is 52.6 Å². The van der Waals surface area contributed by atoms with Crippen molar-refractivity contribution in [3.63, 3.8) is 0 Å². The van der Waals surface area contributed by atoms with Gasteiger partial charge in [0.2, 0.25) is 0 Å². The summed E-state index contributed by atoms with van der Waals surface area (Å²) in [6, 6.07) is 0. The second-order valence-corrected chi connectivity index (χ2v) is 8.67. The van der Waals surface area contributed by atoms with Crippen molar-refractivity contribution in [3.05, 3.63) is 0 Å². The van der Waals surface area contributed by atoms with E-state index in [4.69, 9.17) is 8.92 Å². The molecule has 0 N–H and O–H groups in total. The highest BCUT2D eigenvalue weighted by Gasteiger charge is 2.81. The van der Waals surface area contributed by atoms with E-state index in [9.17, 15) is 8.42 Å². The number of hydrogen-bond donors (Lipinski definition) is 0. The molecule has 0 saturated carbocycles. The van der Waals surface area contributed by atoms with E-state index in [-0.39, 0.29) is 35.6 Å². The summed E-state index contributed by atoms with van der Waals surface area (Å²) in [6.45, 7) is 10.3. The van der Waals surface area contributed by atoms with E-state index in [2.05, 4.69) is 27.7 Å². The Bertz CT molecular complexity index is 473. The maximum Gasteiger partial charge on any atom is 0.276 e. The molecule has 3 rings (SSSR count). The minimum absolute atomic E-state index is 0.00905. The van der Waals surface area contributed by atoms with Crippen molar-refractivity contribution >= 4 is 10.1 Å². The fraction of sp³-hybridized carbons (Fsp3) is 1.00. The van der Waals surface area contributed by atoms with Gasteiger partial charge in [0.1, 0.15) is 17.0 Å². The van der Waals surface area contributed by atoms with Crippen molar-refractivity contribution in [2.75, 3.05) is 0 Å². The van der Waals surface area contributed by atoms with E-state index in [1.165, 1.54) is 0 Å². The van der Waals surface area contributed by atoms with Crippen LogP contribution in [-0.2, 0) is 19.0 Å². The third kappa shape index (κ3) is 1.01. The largest absolute Gasteiger partial charge is 0.370 e. The van der Waals surface area contributed by atoms with Crippen LogP contribution in [0.25, 0.3) is 0 Å². The lowest BCUT2D eigenvalue weighted by Gasteiger charge is -2.50. The second-order valence-electron chi connectivity index (χ2n) is 6.72. The third-order valence-corrected chi connectivity index (χ3v) is 7.84. The Labute approximate surface area is 109 Å². The van der Waals surface area contributed by atoms with Gasteiger partial charge in [-0.15, -0.1) is 0 Å². The zero-order valence-corrected chi connectivity index (χ0v) is 12.5. The van der Waals surface area contributed by atoms with Gasteiger partial charge in [0.05, 0.1) is 6.10 Å². The lowest BCUT2D eigenvalue weighted by atomic mass is 9.55. The molecular weight excluding hydrogens is 252 g/mol. The molecule has 0 aromatic carbocycles. The van der Waals surface area contributed by atoms with Gasteiger partial charge >= 0.3 is 0 Å². The maximum absolute atomic E-state index is 12.5. The monoisotopic (exact) mass is 274 g/mol. The first-order valence-electron chi connectivity index (χ1n) is 6.78. The van der Waals surface area contributed by atoms with Gasteiger partial charge in [-0.05, 0) is 18.8 Å². The van der Waals surface area contributed by atoms with Gasteiger partial charge < -0.3 is 4.74 Å². The molecule has 3 heterocycles. The highest BCUT2D eigenvalue weighted by Crippen LogP contribution is 2.68. The van der Waals surface area contributed by atoms with Crippen molar-refractivity contribution in [1.82, 2.24) is 0 Å². The van der Waals surface area contributed by atoms with Crippen LogP contribution in [-0.4, -0.2) is 31.5 Å². The molecule has 0 radical (unpaired) electrons. The molecule has 3 fully saturated rings. The number of rotatable bonds is 2. The van der Waals surface area contributed by atoms with E-state index in [1.54, 1.807) is 0 Å². The summed E-state index contributed by atoms with van der Waals surface area (Å²) in [4.78, 5) is 0. The highest BCUT2D eigenvalue weighted by molar-refractivity contribution is 7.88. The SMILES string of the molecule is CC(C)C1(C(C)C)C2CC3OS(=O)(=O)C1(C)C3O2. The van der Waals surface area contributed by atoms with E-state index >= 15 is 0 Å². The molecule has 0 amide bonds. The smallest absolute Gasteiger partial charge is 0.276 e. The Morgan fingerprint density at radius 3 is 2.22 bits per heavy atom. The van der Waals surface area contributed by atoms with Gasteiger partial charge in [-0.1, -0.05) is 27.7 Å². The van der Waals surface area contributed by atoms with Crippen LogP contribution in [0.2, 0.25) is 0 Å². The van der Waals surface area contributed by atoms with Crippen LogP contribution < -0.4 is 0 Å². The fourth-order valence-corrected chi connectivity index (χ4v) is 7.51. The van der Waals surface area contributed by atoms with Crippen LogP contribution in [0, 0.1) is 17.3 Å². The molecule has 3 aliphatic heterocycles. The quantitative estimate of drug-likeness (QED) is 0.722. The predicted molar refractivity (Wildman–Crippen MR) is 67.6 cm³/mol. The van der Waals surface area contributed by atoms with E-state index in [0.717, 1.165) is 6.42 Å². The van der Waals surface area contributed by atoms with Gasteiger partial charge in [-0.2, -0.15) is 8.42 Å². The van der Waals surface area contributed by atoms with Crippen molar-refractivity contribution in [3.8, 4) is 0 Å². The van der Waals surface area contributed by atoms with Gasteiger partial charge in [-0.25, -0.2) is 0 Å². The molecule has 0 aromatic heterocycles. The molecule has 0 spiro atoms. The summed E-state index contributed by atoms with van der Waals surface area (Å²) >= 11 is 0. The Morgan fingerprint density at radius 2 is 1.72 bits per heavy atom. The predicted octanol–water partition coefficient (Wildman–Crippen LogP) is 1.94. The molecule has 104 valence electrons. The number of ether oxygens (including phenoxy) is 1. The van der Waals surface area contributed by atoms with Crippen molar-refractivity contribution in [2.24, 2.45) is 17.3 Å². The molecule has 4 nitrogen and oxygen atoms in total. The standard InChI is InChI=1S/C13H22O4S/c1-7(2)13(8(3)4)10-6-9-11(16-10)12(13,5)18(14,15)17-9/h7-11H,6H2,1-5H3. The minimum atomic E-state index is -3.55. The summed E-state index contributed by atoms with van der Waals surface area (Å²) in [7, 11) is -3.55. The fourth-order valence-electron chi connectivity index (χ4n) is 5.28. The summed E-state index contributed by atoms with van der Waals surface area (Å²) in [5.41, 5.74) is -0.344. The van der Waals surface area contributed by atoms with Crippen molar-refractivity contribution in [1.29, 1.82) is 0 Å². The third-order valence-electron chi connectivity index (χ3n) is 5.71. The molecule has 2 bridgehead atoms. The van der Waals surface area contributed by atoms with Gasteiger partial charge in [0.15, 0.2) is 0 Å². The minimum Gasteiger partial charge on any atom is -0.370 e. The van der Waals surface area contributed by atoms with Crippen molar-refractivity contribution in [2.45, 2.75) is 64.1 Å². The molecule has 3 saturated heterocycles. The van der Waals surface area contributed by atoms with Crippen molar-refractivity contribution < 1.29 is 17.3 Å². The molecule has 4 unspecified atom stereocenters. The van der Waals surface area contributed by atoms with Crippen LogP contribution in [0.15, 0.2) is 0 Å². The first-order chi connectivity index (χ1) is 8.19. The molecule has 4 atom stereocenters. The molecule has 18 heavy (non-hydrogen) atoms. The normalized spacial score (nSPS) is 47.4. The molecular formula is C13H22O4S. The summed E-state index contributed by atoms with van der Waals surface area (Å²) in [5, 5.41) is 0. The lowest BCUT2D eigenvalue weighted by molar-refractivity contribution is -0.00302. The molecule has 5 heteroatoms. The van der Waals surface area contributed by atoms with E-state index in [1.807, 2.05) is 6.92 Å².